The molecule has 0 fully saturated rings. The molecule has 93 valence electrons. The van der Waals surface area contributed by atoms with Crippen molar-refractivity contribution in [2.24, 2.45) is 0 Å². The zero-order valence-corrected chi connectivity index (χ0v) is 12.6. The van der Waals surface area contributed by atoms with Crippen LogP contribution in [0, 0.1) is 6.92 Å². The van der Waals surface area contributed by atoms with Crippen LogP contribution in [0.5, 0.6) is 5.75 Å². The Morgan fingerprint density at radius 1 is 1.18 bits per heavy atom. The number of rotatable bonds is 5. The summed E-state index contributed by atoms with van der Waals surface area (Å²) in [5.74, 6) is 1.03. The molecule has 1 radical (unpaired) electrons. The summed E-state index contributed by atoms with van der Waals surface area (Å²) in [6, 6.07) is 6.18. The van der Waals surface area contributed by atoms with E-state index >= 15 is 0 Å². The Morgan fingerprint density at radius 2 is 1.76 bits per heavy atom. The summed E-state index contributed by atoms with van der Waals surface area (Å²) >= 11 is 0. The molecule has 0 amide bonds. The molecule has 0 aliphatic carbocycles. The van der Waals surface area contributed by atoms with Gasteiger partial charge in [0.1, 0.15) is 5.75 Å². The van der Waals surface area contributed by atoms with Gasteiger partial charge in [0.05, 0.1) is 0 Å². The van der Waals surface area contributed by atoms with Crippen LogP contribution in [0.15, 0.2) is 24.8 Å². The molecule has 0 spiro atoms. The van der Waals surface area contributed by atoms with Crippen LogP contribution in [-0.4, -0.2) is 9.04 Å². The van der Waals surface area contributed by atoms with Crippen molar-refractivity contribution in [1.29, 1.82) is 0 Å². The molecule has 1 aromatic rings. The third kappa shape index (κ3) is 3.47. The van der Waals surface area contributed by atoms with Gasteiger partial charge >= 0.3 is 0 Å². The van der Waals surface area contributed by atoms with E-state index in [1.165, 1.54) is 5.56 Å². The molecule has 0 aliphatic rings. The fourth-order valence-electron chi connectivity index (χ4n) is 1.99. The average molecular weight is 247 g/mol. The lowest BCUT2D eigenvalue weighted by Gasteiger charge is -2.24. The molecule has 1 aromatic carbocycles. The molecule has 0 bridgehead atoms. The zero-order chi connectivity index (χ0) is 13.0. The molecule has 17 heavy (non-hydrogen) atoms. The van der Waals surface area contributed by atoms with Crippen molar-refractivity contribution in [1.82, 2.24) is 0 Å². The van der Waals surface area contributed by atoms with Crippen molar-refractivity contribution in [2.75, 3.05) is 0 Å². The first-order chi connectivity index (χ1) is 7.97. The quantitative estimate of drug-likeness (QED) is 0.677. The molecule has 1 rings (SSSR count). The molecule has 0 aromatic heterocycles. The highest BCUT2D eigenvalue weighted by Crippen LogP contribution is 2.28. The number of hydrogen-bond acceptors (Lipinski definition) is 1. The van der Waals surface area contributed by atoms with Crippen molar-refractivity contribution < 1.29 is 4.43 Å². The molecule has 0 aliphatic heterocycles. The summed E-state index contributed by atoms with van der Waals surface area (Å²) in [5.41, 5.74) is 3.60. The van der Waals surface area contributed by atoms with E-state index in [0.29, 0.717) is 11.1 Å². The first kappa shape index (κ1) is 14.0. The van der Waals surface area contributed by atoms with Crippen molar-refractivity contribution in [2.45, 2.75) is 45.7 Å². The third-order valence-electron chi connectivity index (χ3n) is 2.91. The van der Waals surface area contributed by atoms with Crippen molar-refractivity contribution >= 4 is 15.1 Å². The Morgan fingerprint density at radius 3 is 2.24 bits per heavy atom. The second-order valence-electron chi connectivity index (χ2n) is 4.99. The normalized spacial score (nSPS) is 11.3. The summed E-state index contributed by atoms with van der Waals surface area (Å²) in [6.45, 7) is 14.9. The van der Waals surface area contributed by atoms with Crippen LogP contribution < -0.4 is 4.43 Å². The van der Waals surface area contributed by atoms with Gasteiger partial charge in [0, 0.05) is 0 Å². The van der Waals surface area contributed by atoms with Gasteiger partial charge in [-0.25, -0.2) is 0 Å². The Balaban J connectivity index is 2.97. The van der Waals surface area contributed by atoms with Gasteiger partial charge in [-0.3, -0.25) is 0 Å². The summed E-state index contributed by atoms with van der Waals surface area (Å²) in [6.07, 6.45) is 1.89. The summed E-state index contributed by atoms with van der Waals surface area (Å²) in [7, 11) is -0.812. The van der Waals surface area contributed by atoms with Crippen LogP contribution in [0.25, 0.3) is 6.08 Å². The minimum atomic E-state index is -0.812. The van der Waals surface area contributed by atoms with Gasteiger partial charge in [0.2, 0.25) is 0 Å². The van der Waals surface area contributed by atoms with E-state index in [9.17, 15) is 0 Å². The lowest BCUT2D eigenvalue weighted by molar-refractivity contribution is 0.532. The topological polar surface area (TPSA) is 9.23 Å². The molecular formula is C15H23OSi. The molecule has 0 unspecified atom stereocenters. The lowest BCUT2D eigenvalue weighted by atomic mass is 10.1. The standard InChI is InChI=1S/C15H23OSi/c1-7-14-9-8-10-15(13(14)6)16-17(11(2)3)12(4)5/h7-12H,1H2,2-6H3. The van der Waals surface area contributed by atoms with Gasteiger partial charge in [0.15, 0.2) is 0 Å². The van der Waals surface area contributed by atoms with Crippen LogP contribution in [0.3, 0.4) is 0 Å². The van der Waals surface area contributed by atoms with Gasteiger partial charge in [-0.15, -0.1) is 0 Å². The maximum absolute atomic E-state index is 6.26. The van der Waals surface area contributed by atoms with Crippen molar-refractivity contribution in [3.05, 3.63) is 35.9 Å². The second kappa shape index (κ2) is 6.06. The molecular weight excluding hydrogens is 224 g/mol. The number of benzene rings is 1. The molecule has 0 saturated carbocycles. The average Bonchev–Trinajstić information content (AvgIpc) is 2.26. The first-order valence-corrected chi connectivity index (χ1v) is 7.80. The number of hydrogen-bond donors (Lipinski definition) is 0. The van der Waals surface area contributed by atoms with E-state index in [4.69, 9.17) is 4.43 Å². The van der Waals surface area contributed by atoms with E-state index in [-0.39, 0.29) is 0 Å². The van der Waals surface area contributed by atoms with E-state index in [1.54, 1.807) is 0 Å². The molecule has 1 nitrogen and oxygen atoms in total. The van der Waals surface area contributed by atoms with Crippen molar-refractivity contribution in [3.63, 3.8) is 0 Å². The molecule has 0 saturated heterocycles. The maximum atomic E-state index is 6.26. The molecule has 0 heterocycles. The largest absolute Gasteiger partial charge is 0.541 e. The molecule has 0 N–H and O–H groups in total. The van der Waals surface area contributed by atoms with Crippen LogP contribution in [-0.2, 0) is 0 Å². The lowest BCUT2D eigenvalue weighted by Crippen LogP contribution is -2.29. The van der Waals surface area contributed by atoms with E-state index in [1.807, 2.05) is 12.1 Å². The van der Waals surface area contributed by atoms with E-state index in [0.717, 1.165) is 11.3 Å². The van der Waals surface area contributed by atoms with Gasteiger partial charge in [-0.05, 0) is 35.2 Å². The Kier molecular flexibility index (Phi) is 5.00. The highest BCUT2D eigenvalue weighted by molar-refractivity contribution is 6.55. The van der Waals surface area contributed by atoms with E-state index < -0.39 is 9.04 Å². The monoisotopic (exact) mass is 247 g/mol. The van der Waals surface area contributed by atoms with Gasteiger partial charge in [-0.2, -0.15) is 0 Å². The third-order valence-corrected chi connectivity index (χ3v) is 5.64. The molecule has 2 heteroatoms. The minimum absolute atomic E-state index is 0.617. The SMILES string of the molecule is C=Cc1cccc(O[Si](C(C)C)C(C)C)c1C. The minimum Gasteiger partial charge on any atom is -0.541 e. The molecule has 0 atom stereocenters. The smallest absolute Gasteiger partial charge is 0.286 e. The Hall–Kier alpha value is -1.02. The Labute approximate surface area is 107 Å². The predicted octanol–water partition coefficient (Wildman–Crippen LogP) is 4.83. The second-order valence-corrected chi connectivity index (χ2v) is 8.31. The zero-order valence-electron chi connectivity index (χ0n) is 11.6. The van der Waals surface area contributed by atoms with E-state index in [2.05, 4.69) is 53.3 Å². The van der Waals surface area contributed by atoms with Gasteiger partial charge in [0.25, 0.3) is 9.04 Å². The van der Waals surface area contributed by atoms with Gasteiger partial charge in [-0.1, -0.05) is 52.5 Å². The predicted molar refractivity (Wildman–Crippen MR) is 77.8 cm³/mol. The summed E-state index contributed by atoms with van der Waals surface area (Å²) < 4.78 is 6.26. The van der Waals surface area contributed by atoms with Crippen LogP contribution in [0.2, 0.25) is 11.1 Å². The van der Waals surface area contributed by atoms with Crippen molar-refractivity contribution in [3.8, 4) is 5.75 Å². The summed E-state index contributed by atoms with van der Waals surface area (Å²) in [4.78, 5) is 0. The Bertz CT molecular complexity index is 375. The van der Waals surface area contributed by atoms with Crippen LogP contribution in [0.4, 0.5) is 0 Å². The first-order valence-electron chi connectivity index (χ1n) is 6.24. The highest BCUT2D eigenvalue weighted by Gasteiger charge is 2.24. The fourth-order valence-corrected chi connectivity index (χ4v) is 4.27. The van der Waals surface area contributed by atoms with Crippen LogP contribution in [0.1, 0.15) is 38.8 Å². The fraction of sp³-hybridized carbons (Fsp3) is 0.467. The highest BCUT2D eigenvalue weighted by atomic mass is 28.3. The maximum Gasteiger partial charge on any atom is 0.286 e. The van der Waals surface area contributed by atoms with Crippen LogP contribution >= 0.6 is 0 Å². The van der Waals surface area contributed by atoms with Gasteiger partial charge < -0.3 is 4.43 Å². The summed E-state index contributed by atoms with van der Waals surface area (Å²) in [5, 5.41) is 0.